The maximum Gasteiger partial charge on any atom is 0.432 e. The van der Waals surface area contributed by atoms with Gasteiger partial charge in [0.05, 0.1) is 12.7 Å². The Labute approximate surface area is 207 Å². The van der Waals surface area contributed by atoms with Crippen LogP contribution >= 0.6 is 11.6 Å². The van der Waals surface area contributed by atoms with E-state index < -0.39 is 29.1 Å². The maximum absolute atomic E-state index is 14.5. The van der Waals surface area contributed by atoms with Crippen LogP contribution in [-0.2, 0) is 12.7 Å². The molecule has 0 fully saturated rings. The Kier molecular flexibility index (Phi) is 5.97. The number of fused-ring (bicyclic) bond motifs is 1. The van der Waals surface area contributed by atoms with Gasteiger partial charge in [-0.2, -0.15) is 18.2 Å². The third-order valence-electron chi connectivity index (χ3n) is 5.58. The second kappa shape index (κ2) is 9.12. The molecule has 11 heteroatoms. The average molecular weight is 513 g/mol. The molecule has 0 radical (unpaired) electrons. The van der Waals surface area contributed by atoms with Crippen molar-refractivity contribution in [1.29, 1.82) is 0 Å². The van der Waals surface area contributed by atoms with E-state index in [0.29, 0.717) is 16.1 Å². The first-order valence-electron chi connectivity index (χ1n) is 10.6. The number of nitrogens with zero attached hydrogens (tertiary/aromatic N) is 4. The van der Waals surface area contributed by atoms with Gasteiger partial charge in [-0.1, -0.05) is 28.9 Å². The van der Waals surface area contributed by atoms with Gasteiger partial charge in [0.15, 0.2) is 0 Å². The smallest absolute Gasteiger partial charge is 0.432 e. The van der Waals surface area contributed by atoms with Crippen LogP contribution in [0.25, 0.3) is 22.3 Å². The molecule has 3 aromatic heterocycles. The van der Waals surface area contributed by atoms with Crippen molar-refractivity contribution < 1.29 is 27.2 Å². The third-order valence-corrected chi connectivity index (χ3v) is 5.83. The van der Waals surface area contributed by atoms with Gasteiger partial charge in [0.1, 0.15) is 11.4 Å². The van der Waals surface area contributed by atoms with Crippen LogP contribution in [0, 0.1) is 0 Å². The van der Waals surface area contributed by atoms with Gasteiger partial charge >= 0.3 is 6.18 Å². The number of pyridine rings is 1. The topological polar surface area (TPSA) is 83.0 Å². The second-order valence-electron chi connectivity index (χ2n) is 7.81. The van der Waals surface area contributed by atoms with Gasteiger partial charge in [-0.05, 0) is 48.0 Å². The zero-order chi connectivity index (χ0) is 25.4. The van der Waals surface area contributed by atoms with Crippen LogP contribution in [0.15, 0.2) is 71.5 Å². The van der Waals surface area contributed by atoms with E-state index in [9.17, 15) is 18.0 Å². The lowest BCUT2D eigenvalue weighted by Crippen LogP contribution is -2.18. The summed E-state index contributed by atoms with van der Waals surface area (Å²) >= 11 is 5.93. The average Bonchev–Trinajstić information content (AvgIpc) is 3.49. The minimum Gasteiger partial charge on any atom is -0.497 e. The number of halogens is 4. The van der Waals surface area contributed by atoms with Gasteiger partial charge in [-0.25, -0.2) is 0 Å². The van der Waals surface area contributed by atoms with Crippen LogP contribution in [0.4, 0.5) is 13.2 Å². The lowest BCUT2D eigenvalue weighted by atomic mass is 10.1. The highest BCUT2D eigenvalue weighted by Gasteiger charge is 2.42. The Bertz CT molecular complexity index is 1560. The Morgan fingerprint density at radius 1 is 1.08 bits per heavy atom. The third kappa shape index (κ3) is 4.31. The van der Waals surface area contributed by atoms with Gasteiger partial charge in [-0.3, -0.25) is 9.78 Å². The number of hydrogen-bond donors (Lipinski definition) is 0. The quantitative estimate of drug-likeness (QED) is 0.258. The first-order chi connectivity index (χ1) is 17.3. The van der Waals surface area contributed by atoms with E-state index in [-0.39, 0.29) is 29.0 Å². The molecule has 0 aliphatic carbocycles. The van der Waals surface area contributed by atoms with Crippen LogP contribution < -0.4 is 4.74 Å². The van der Waals surface area contributed by atoms with Crippen molar-refractivity contribution in [3.63, 3.8) is 0 Å². The Morgan fingerprint density at radius 2 is 1.81 bits per heavy atom. The summed E-state index contributed by atoms with van der Waals surface area (Å²) in [6, 6.07) is 14.0. The van der Waals surface area contributed by atoms with Gasteiger partial charge in [-0.15, -0.1) is 0 Å². The minimum absolute atomic E-state index is 0.0456. The fraction of sp³-hybridized carbons (Fsp3) is 0.120. The summed E-state index contributed by atoms with van der Waals surface area (Å²) in [5.74, 6) is -1.28. The monoisotopic (exact) mass is 512 g/mol. The summed E-state index contributed by atoms with van der Waals surface area (Å²) in [4.78, 5) is 21.4. The van der Waals surface area contributed by atoms with E-state index in [4.69, 9.17) is 20.9 Å². The standard InChI is InChI=1S/C25H16ClF3N4O3/c1-35-17-6-7-19-18(12-17)20(21(34)24-31-23(32-36-24)15-8-10-30-11-9-15)22(25(27,28)29)33(19)13-14-2-4-16(26)5-3-14/h2-12H,13H2,1H3. The number of aromatic nitrogens is 4. The molecule has 5 aromatic rings. The highest BCUT2D eigenvalue weighted by atomic mass is 35.5. The molecule has 7 nitrogen and oxygen atoms in total. The molecular weight excluding hydrogens is 497 g/mol. The van der Waals surface area contributed by atoms with Crippen molar-refractivity contribution in [1.82, 2.24) is 19.7 Å². The maximum atomic E-state index is 14.5. The molecule has 0 spiro atoms. The van der Waals surface area contributed by atoms with E-state index in [1.54, 1.807) is 36.4 Å². The number of ketones is 1. The van der Waals surface area contributed by atoms with E-state index in [1.807, 2.05) is 0 Å². The predicted octanol–water partition coefficient (Wildman–Crippen LogP) is 6.05. The van der Waals surface area contributed by atoms with Gasteiger partial charge < -0.3 is 13.8 Å². The first-order valence-corrected chi connectivity index (χ1v) is 10.9. The Balaban J connectivity index is 1.71. The predicted molar refractivity (Wildman–Crippen MR) is 125 cm³/mol. The van der Waals surface area contributed by atoms with Crippen LogP contribution in [-0.4, -0.2) is 32.6 Å². The number of hydrogen-bond acceptors (Lipinski definition) is 6. The van der Waals surface area contributed by atoms with Gasteiger partial charge in [0.2, 0.25) is 5.82 Å². The summed E-state index contributed by atoms with van der Waals surface area (Å²) in [5, 5.41) is 4.26. The first kappa shape index (κ1) is 23.6. The van der Waals surface area contributed by atoms with Gasteiger partial charge in [0.25, 0.3) is 11.7 Å². The molecule has 0 saturated heterocycles. The van der Waals surface area contributed by atoms with Crippen LogP contribution in [0.3, 0.4) is 0 Å². The molecule has 0 aliphatic rings. The molecule has 0 bridgehead atoms. The van der Waals surface area contributed by atoms with Crippen molar-refractivity contribution in [2.75, 3.05) is 7.11 Å². The Morgan fingerprint density at radius 3 is 2.47 bits per heavy atom. The zero-order valence-electron chi connectivity index (χ0n) is 18.6. The molecular formula is C25H16ClF3N4O3. The van der Waals surface area contributed by atoms with E-state index in [1.165, 1.54) is 37.7 Å². The summed E-state index contributed by atoms with van der Waals surface area (Å²) in [7, 11) is 1.39. The molecule has 36 heavy (non-hydrogen) atoms. The minimum atomic E-state index is -4.88. The van der Waals surface area contributed by atoms with Crippen LogP contribution in [0.2, 0.25) is 5.02 Å². The number of rotatable bonds is 6. The van der Waals surface area contributed by atoms with Crippen LogP contribution in [0.5, 0.6) is 5.75 Å². The molecule has 0 atom stereocenters. The summed E-state index contributed by atoms with van der Waals surface area (Å²) in [5.41, 5.74) is -0.481. The van der Waals surface area contributed by atoms with Crippen LogP contribution in [0.1, 0.15) is 27.5 Å². The van der Waals surface area contributed by atoms with E-state index in [0.717, 1.165) is 4.57 Å². The van der Waals surface area contributed by atoms with E-state index in [2.05, 4.69) is 15.1 Å². The number of ether oxygens (including phenoxy) is 1. The molecule has 5 rings (SSSR count). The summed E-state index contributed by atoms with van der Waals surface area (Å²) < 4.78 is 55.0. The van der Waals surface area contributed by atoms with Crippen molar-refractivity contribution in [3.8, 4) is 17.1 Å². The zero-order valence-corrected chi connectivity index (χ0v) is 19.3. The van der Waals surface area contributed by atoms with Crippen molar-refractivity contribution >= 4 is 28.3 Å². The number of benzene rings is 2. The summed E-state index contributed by atoms with van der Waals surface area (Å²) in [6.07, 6.45) is -1.89. The van der Waals surface area contributed by atoms with Gasteiger partial charge in [0, 0.05) is 40.4 Å². The fourth-order valence-corrected chi connectivity index (χ4v) is 4.09. The molecule has 0 N–H and O–H groups in total. The highest BCUT2D eigenvalue weighted by molar-refractivity contribution is 6.30. The molecule has 0 saturated carbocycles. The summed E-state index contributed by atoms with van der Waals surface area (Å²) in [6.45, 7) is -0.159. The molecule has 0 aliphatic heterocycles. The SMILES string of the molecule is COc1ccc2c(c1)c(C(=O)c1nc(-c3ccncc3)no1)c(C(F)(F)F)n2Cc1ccc(Cl)cc1. The largest absolute Gasteiger partial charge is 0.497 e. The molecule has 182 valence electrons. The van der Waals surface area contributed by atoms with Crippen molar-refractivity contribution in [2.45, 2.75) is 12.7 Å². The number of carbonyl (C=O) groups excluding carboxylic acids is 1. The molecule has 2 aromatic carbocycles. The van der Waals surface area contributed by atoms with Crippen molar-refractivity contribution in [3.05, 3.63) is 94.7 Å². The molecule has 0 unspecified atom stereocenters. The second-order valence-corrected chi connectivity index (χ2v) is 8.24. The highest BCUT2D eigenvalue weighted by Crippen LogP contribution is 2.41. The number of methoxy groups -OCH3 is 1. The lowest BCUT2D eigenvalue weighted by molar-refractivity contribution is -0.143. The Hall–Kier alpha value is -4.18. The normalized spacial score (nSPS) is 11.7. The number of alkyl halides is 3. The molecule has 0 amide bonds. The molecule has 3 heterocycles. The fourth-order valence-electron chi connectivity index (χ4n) is 3.96. The van der Waals surface area contributed by atoms with Crippen molar-refractivity contribution in [2.24, 2.45) is 0 Å². The van der Waals surface area contributed by atoms with E-state index >= 15 is 0 Å². The number of carbonyl (C=O) groups is 1. The lowest BCUT2D eigenvalue weighted by Gasteiger charge is -2.14.